The summed E-state index contributed by atoms with van der Waals surface area (Å²) in [6, 6.07) is 0. The highest BCUT2D eigenvalue weighted by molar-refractivity contribution is 5.09. The van der Waals surface area contributed by atoms with E-state index in [1.807, 2.05) is 0 Å². The average molecular weight is 261 g/mol. The lowest BCUT2D eigenvalue weighted by Gasteiger charge is -2.32. The molecular formula is C16H27N3. The van der Waals surface area contributed by atoms with E-state index in [4.69, 9.17) is 4.98 Å². The molecule has 0 aliphatic carbocycles. The number of hydrogen-bond donors (Lipinski definition) is 0. The zero-order valence-corrected chi connectivity index (χ0v) is 12.4. The number of hydrogen-bond acceptors (Lipinski definition) is 2. The van der Waals surface area contributed by atoms with Crippen molar-refractivity contribution < 1.29 is 0 Å². The maximum atomic E-state index is 4.72. The summed E-state index contributed by atoms with van der Waals surface area (Å²) in [4.78, 5) is 7.32. The summed E-state index contributed by atoms with van der Waals surface area (Å²) in [5.74, 6) is 3.01. The van der Waals surface area contributed by atoms with E-state index in [1.165, 1.54) is 69.8 Å². The third kappa shape index (κ3) is 2.86. The molecule has 1 saturated heterocycles. The van der Waals surface area contributed by atoms with Crippen LogP contribution in [0.5, 0.6) is 0 Å². The molecule has 0 saturated carbocycles. The van der Waals surface area contributed by atoms with E-state index in [-0.39, 0.29) is 0 Å². The van der Waals surface area contributed by atoms with Gasteiger partial charge in [-0.1, -0.05) is 13.8 Å². The summed E-state index contributed by atoms with van der Waals surface area (Å²) in [6.07, 6.45) is 8.61. The van der Waals surface area contributed by atoms with Crippen LogP contribution in [0.25, 0.3) is 0 Å². The minimum Gasteiger partial charge on any atom is -0.332 e. The highest BCUT2D eigenvalue weighted by atomic mass is 15.1. The molecule has 3 rings (SSSR count). The molecule has 0 amide bonds. The maximum absolute atomic E-state index is 4.72. The van der Waals surface area contributed by atoms with Gasteiger partial charge in [0.2, 0.25) is 0 Å². The second-order valence-electron chi connectivity index (χ2n) is 6.52. The minimum absolute atomic E-state index is 0.819. The predicted octanol–water partition coefficient (Wildman–Crippen LogP) is 2.74. The molecule has 19 heavy (non-hydrogen) atoms. The van der Waals surface area contributed by atoms with E-state index in [0.717, 1.165) is 11.8 Å². The Kier molecular flexibility index (Phi) is 3.92. The van der Waals surface area contributed by atoms with Crippen LogP contribution in [0, 0.1) is 11.8 Å². The van der Waals surface area contributed by atoms with Gasteiger partial charge in [0.15, 0.2) is 0 Å². The molecule has 0 aromatic carbocycles. The van der Waals surface area contributed by atoms with Crippen LogP contribution in [-0.4, -0.2) is 34.1 Å². The fourth-order valence-electron chi connectivity index (χ4n) is 3.72. The van der Waals surface area contributed by atoms with E-state index in [0.29, 0.717) is 0 Å². The van der Waals surface area contributed by atoms with Crippen LogP contribution in [0.4, 0.5) is 0 Å². The van der Waals surface area contributed by atoms with Crippen LogP contribution in [-0.2, 0) is 19.4 Å². The molecule has 0 N–H and O–H groups in total. The van der Waals surface area contributed by atoms with E-state index in [2.05, 4.69) is 29.5 Å². The van der Waals surface area contributed by atoms with Crippen LogP contribution in [0.2, 0.25) is 0 Å². The van der Waals surface area contributed by atoms with Crippen LogP contribution in [0.15, 0.2) is 6.20 Å². The van der Waals surface area contributed by atoms with Gasteiger partial charge in [0.1, 0.15) is 5.82 Å². The van der Waals surface area contributed by atoms with Gasteiger partial charge in [0.05, 0.1) is 0 Å². The lowest BCUT2D eigenvalue weighted by atomic mass is 9.94. The molecule has 3 heterocycles. The standard InChI is InChI=1S/C16H27N3/c1-3-18-7-4-5-14(12-18)10-16-17-11-15-9-13(2)6-8-19(15)16/h11,13-14H,3-10,12H2,1-2H3. The Bertz CT molecular complexity index is 424. The molecule has 1 aromatic heterocycles. The highest BCUT2D eigenvalue weighted by Gasteiger charge is 2.23. The fourth-order valence-corrected chi connectivity index (χ4v) is 3.72. The molecule has 2 unspecified atom stereocenters. The van der Waals surface area contributed by atoms with Crippen LogP contribution < -0.4 is 0 Å². The van der Waals surface area contributed by atoms with Crippen LogP contribution in [0.3, 0.4) is 0 Å². The van der Waals surface area contributed by atoms with Crippen molar-refractivity contribution in [3.05, 3.63) is 17.7 Å². The quantitative estimate of drug-likeness (QED) is 0.834. The number of piperidine rings is 1. The van der Waals surface area contributed by atoms with Gasteiger partial charge in [0.25, 0.3) is 0 Å². The molecule has 0 radical (unpaired) electrons. The number of rotatable bonds is 3. The van der Waals surface area contributed by atoms with Gasteiger partial charge in [-0.2, -0.15) is 0 Å². The molecule has 0 spiro atoms. The first kappa shape index (κ1) is 13.2. The second-order valence-corrected chi connectivity index (χ2v) is 6.52. The SMILES string of the molecule is CCN1CCCC(Cc2ncc3n2CCC(C)C3)C1. The van der Waals surface area contributed by atoms with Gasteiger partial charge in [-0.3, -0.25) is 0 Å². The second kappa shape index (κ2) is 5.66. The van der Waals surface area contributed by atoms with Crippen molar-refractivity contribution in [3.63, 3.8) is 0 Å². The topological polar surface area (TPSA) is 21.1 Å². The van der Waals surface area contributed by atoms with Crippen molar-refractivity contribution in [2.75, 3.05) is 19.6 Å². The lowest BCUT2D eigenvalue weighted by molar-refractivity contribution is 0.179. The van der Waals surface area contributed by atoms with Crippen LogP contribution >= 0.6 is 0 Å². The molecule has 1 aromatic rings. The largest absolute Gasteiger partial charge is 0.332 e. The van der Waals surface area contributed by atoms with Gasteiger partial charge in [-0.25, -0.2) is 4.98 Å². The zero-order valence-electron chi connectivity index (χ0n) is 12.4. The average Bonchev–Trinajstić information content (AvgIpc) is 2.81. The van der Waals surface area contributed by atoms with Gasteiger partial charge >= 0.3 is 0 Å². The summed E-state index contributed by atoms with van der Waals surface area (Å²) in [7, 11) is 0. The predicted molar refractivity (Wildman–Crippen MR) is 78.3 cm³/mol. The Morgan fingerprint density at radius 3 is 3.05 bits per heavy atom. The molecule has 3 nitrogen and oxygen atoms in total. The molecule has 3 heteroatoms. The molecule has 2 aliphatic rings. The van der Waals surface area contributed by atoms with Crippen molar-refractivity contribution >= 4 is 0 Å². The minimum atomic E-state index is 0.819. The van der Waals surface area contributed by atoms with Crippen molar-refractivity contribution in [1.82, 2.24) is 14.5 Å². The molecule has 1 fully saturated rings. The van der Waals surface area contributed by atoms with Crippen molar-refractivity contribution in [3.8, 4) is 0 Å². The summed E-state index contributed by atoms with van der Waals surface area (Å²) in [6.45, 7) is 9.60. The Labute approximate surface area is 117 Å². The van der Waals surface area contributed by atoms with Crippen molar-refractivity contribution in [2.24, 2.45) is 11.8 Å². The van der Waals surface area contributed by atoms with Crippen molar-refractivity contribution in [2.45, 2.75) is 52.5 Å². The Balaban J connectivity index is 1.67. The number of fused-ring (bicyclic) bond motifs is 1. The zero-order chi connectivity index (χ0) is 13.2. The van der Waals surface area contributed by atoms with E-state index in [1.54, 1.807) is 0 Å². The third-order valence-corrected chi connectivity index (χ3v) is 4.95. The highest BCUT2D eigenvalue weighted by Crippen LogP contribution is 2.25. The molecule has 2 aliphatic heterocycles. The Morgan fingerprint density at radius 1 is 1.32 bits per heavy atom. The molecular weight excluding hydrogens is 234 g/mol. The lowest BCUT2D eigenvalue weighted by Crippen LogP contribution is -2.36. The molecule has 0 bridgehead atoms. The maximum Gasteiger partial charge on any atom is 0.109 e. The van der Waals surface area contributed by atoms with Gasteiger partial charge in [-0.05, 0) is 50.6 Å². The summed E-state index contributed by atoms with van der Waals surface area (Å²) in [5.41, 5.74) is 1.47. The molecule has 106 valence electrons. The van der Waals surface area contributed by atoms with E-state index >= 15 is 0 Å². The number of aromatic nitrogens is 2. The first-order valence-electron chi connectivity index (χ1n) is 8.02. The smallest absolute Gasteiger partial charge is 0.109 e. The summed E-state index contributed by atoms with van der Waals surface area (Å²) >= 11 is 0. The number of imidazole rings is 1. The normalized spacial score (nSPS) is 28.3. The monoisotopic (exact) mass is 261 g/mol. The summed E-state index contributed by atoms with van der Waals surface area (Å²) < 4.78 is 2.50. The third-order valence-electron chi connectivity index (χ3n) is 4.95. The number of nitrogens with zero attached hydrogens (tertiary/aromatic N) is 3. The Morgan fingerprint density at radius 2 is 2.21 bits per heavy atom. The first-order chi connectivity index (χ1) is 9.26. The van der Waals surface area contributed by atoms with Crippen LogP contribution in [0.1, 0.15) is 44.6 Å². The van der Waals surface area contributed by atoms with Gasteiger partial charge in [0, 0.05) is 31.4 Å². The first-order valence-corrected chi connectivity index (χ1v) is 8.02. The van der Waals surface area contributed by atoms with Gasteiger partial charge < -0.3 is 9.47 Å². The van der Waals surface area contributed by atoms with E-state index < -0.39 is 0 Å². The van der Waals surface area contributed by atoms with Gasteiger partial charge in [-0.15, -0.1) is 0 Å². The van der Waals surface area contributed by atoms with E-state index in [9.17, 15) is 0 Å². The Hall–Kier alpha value is -0.830. The summed E-state index contributed by atoms with van der Waals surface area (Å²) in [5, 5.41) is 0. The van der Waals surface area contributed by atoms with Crippen molar-refractivity contribution in [1.29, 1.82) is 0 Å². The fraction of sp³-hybridized carbons (Fsp3) is 0.812. The number of likely N-dealkylation sites (tertiary alicyclic amines) is 1. The molecule has 2 atom stereocenters.